The fourth-order valence-corrected chi connectivity index (χ4v) is 1.90. The van der Waals surface area contributed by atoms with Crippen molar-refractivity contribution in [3.63, 3.8) is 0 Å². The molecule has 1 aliphatic rings. The Bertz CT molecular complexity index is 141. The monoisotopic (exact) mass is 198 g/mol. The topological polar surface area (TPSA) is 29.3 Å². The second-order valence-electron chi connectivity index (χ2n) is 5.07. The van der Waals surface area contributed by atoms with Gasteiger partial charge < -0.3 is 10.6 Å². The number of hydrogen-bond acceptors (Lipinski definition) is 2. The van der Waals surface area contributed by atoms with Crippen LogP contribution in [0.2, 0.25) is 0 Å². The van der Waals surface area contributed by atoms with Crippen LogP contribution in [0.3, 0.4) is 0 Å². The van der Waals surface area contributed by atoms with Crippen molar-refractivity contribution in [1.82, 2.24) is 4.90 Å². The summed E-state index contributed by atoms with van der Waals surface area (Å²) in [5.74, 6) is 1.84. The van der Waals surface area contributed by atoms with Gasteiger partial charge in [-0.3, -0.25) is 0 Å². The molecule has 1 rings (SSSR count). The lowest BCUT2D eigenvalue weighted by molar-refractivity contribution is 0.236. The van der Waals surface area contributed by atoms with Crippen LogP contribution in [0.1, 0.15) is 39.5 Å². The summed E-state index contributed by atoms with van der Waals surface area (Å²) in [5, 5.41) is 0. The molecule has 0 unspecified atom stereocenters. The predicted octanol–water partition coefficient (Wildman–Crippen LogP) is 2.09. The number of rotatable bonds is 8. The van der Waals surface area contributed by atoms with Crippen molar-refractivity contribution >= 4 is 0 Å². The molecule has 0 atom stereocenters. The van der Waals surface area contributed by atoms with Crippen molar-refractivity contribution in [3.8, 4) is 0 Å². The molecule has 0 saturated heterocycles. The summed E-state index contributed by atoms with van der Waals surface area (Å²) in [4.78, 5) is 2.59. The standard InChI is InChI=1S/C12H26N2/c1-11(2)10-14(8-3-7-13)9-6-12-4-5-12/h11-12H,3-10,13H2,1-2H3. The van der Waals surface area contributed by atoms with Gasteiger partial charge in [-0.25, -0.2) is 0 Å². The molecule has 2 nitrogen and oxygen atoms in total. The summed E-state index contributed by atoms with van der Waals surface area (Å²) < 4.78 is 0. The predicted molar refractivity (Wildman–Crippen MR) is 62.3 cm³/mol. The molecule has 2 heteroatoms. The smallest absolute Gasteiger partial charge is 0.000439 e. The molecule has 0 bridgehead atoms. The van der Waals surface area contributed by atoms with Crippen LogP contribution in [0.5, 0.6) is 0 Å². The first kappa shape index (κ1) is 12.0. The van der Waals surface area contributed by atoms with Gasteiger partial charge in [-0.2, -0.15) is 0 Å². The Kier molecular flexibility index (Phi) is 5.49. The van der Waals surface area contributed by atoms with Gasteiger partial charge in [0.15, 0.2) is 0 Å². The minimum absolute atomic E-state index is 0.784. The van der Waals surface area contributed by atoms with Gasteiger partial charge in [0.2, 0.25) is 0 Å². The Morgan fingerprint density at radius 1 is 1.29 bits per heavy atom. The molecule has 0 radical (unpaired) electrons. The lowest BCUT2D eigenvalue weighted by Gasteiger charge is -2.23. The van der Waals surface area contributed by atoms with Gasteiger partial charge in [0.05, 0.1) is 0 Å². The largest absolute Gasteiger partial charge is 0.330 e. The fraction of sp³-hybridized carbons (Fsp3) is 1.00. The van der Waals surface area contributed by atoms with E-state index in [2.05, 4.69) is 18.7 Å². The summed E-state index contributed by atoms with van der Waals surface area (Å²) in [6.45, 7) is 9.16. The van der Waals surface area contributed by atoms with Crippen molar-refractivity contribution < 1.29 is 0 Å². The third-order valence-electron chi connectivity index (χ3n) is 2.85. The van der Waals surface area contributed by atoms with E-state index in [0.29, 0.717) is 0 Å². The maximum atomic E-state index is 5.55. The van der Waals surface area contributed by atoms with Gasteiger partial charge in [0.25, 0.3) is 0 Å². The van der Waals surface area contributed by atoms with Crippen LogP contribution >= 0.6 is 0 Å². The second kappa shape index (κ2) is 6.41. The molecule has 2 N–H and O–H groups in total. The van der Waals surface area contributed by atoms with Gasteiger partial charge in [-0.1, -0.05) is 26.7 Å². The van der Waals surface area contributed by atoms with Crippen LogP contribution in [0.4, 0.5) is 0 Å². The highest BCUT2D eigenvalue weighted by molar-refractivity contribution is 4.75. The van der Waals surface area contributed by atoms with Gasteiger partial charge in [0.1, 0.15) is 0 Å². The van der Waals surface area contributed by atoms with Crippen molar-refractivity contribution in [3.05, 3.63) is 0 Å². The summed E-state index contributed by atoms with van der Waals surface area (Å²) in [6, 6.07) is 0. The third-order valence-corrected chi connectivity index (χ3v) is 2.85. The first-order valence-corrected chi connectivity index (χ1v) is 6.14. The van der Waals surface area contributed by atoms with Crippen LogP contribution in [0.15, 0.2) is 0 Å². The maximum Gasteiger partial charge on any atom is 0.000439 e. The molecule has 0 amide bonds. The fourth-order valence-electron chi connectivity index (χ4n) is 1.90. The zero-order valence-electron chi connectivity index (χ0n) is 9.84. The highest BCUT2D eigenvalue weighted by Gasteiger charge is 2.21. The maximum absolute atomic E-state index is 5.55. The molecule has 84 valence electrons. The number of nitrogens with two attached hydrogens (primary N) is 1. The third kappa shape index (κ3) is 5.61. The Morgan fingerprint density at radius 2 is 2.00 bits per heavy atom. The number of hydrogen-bond donors (Lipinski definition) is 1. The van der Waals surface area contributed by atoms with Crippen LogP contribution < -0.4 is 5.73 Å². The Labute approximate surface area is 88.8 Å². The zero-order valence-corrected chi connectivity index (χ0v) is 9.84. The summed E-state index contributed by atoms with van der Waals surface area (Å²) in [7, 11) is 0. The second-order valence-corrected chi connectivity index (χ2v) is 5.07. The Morgan fingerprint density at radius 3 is 2.50 bits per heavy atom. The minimum atomic E-state index is 0.784. The molecule has 0 aromatic rings. The van der Waals surface area contributed by atoms with E-state index < -0.39 is 0 Å². The first-order chi connectivity index (χ1) is 6.72. The molecule has 0 heterocycles. The minimum Gasteiger partial charge on any atom is -0.330 e. The molecule has 14 heavy (non-hydrogen) atoms. The van der Waals surface area contributed by atoms with Crippen LogP contribution in [0, 0.1) is 11.8 Å². The van der Waals surface area contributed by atoms with E-state index in [9.17, 15) is 0 Å². The van der Waals surface area contributed by atoms with E-state index in [1.54, 1.807) is 0 Å². The Hall–Kier alpha value is -0.0800. The van der Waals surface area contributed by atoms with Crippen molar-refractivity contribution in [1.29, 1.82) is 0 Å². The first-order valence-electron chi connectivity index (χ1n) is 6.14. The average Bonchev–Trinajstić information content (AvgIpc) is 2.92. The van der Waals surface area contributed by atoms with Crippen LogP contribution in [-0.2, 0) is 0 Å². The summed E-state index contributed by atoms with van der Waals surface area (Å²) >= 11 is 0. The van der Waals surface area contributed by atoms with Crippen molar-refractivity contribution in [2.75, 3.05) is 26.2 Å². The van der Waals surface area contributed by atoms with E-state index in [4.69, 9.17) is 5.73 Å². The summed E-state index contributed by atoms with van der Waals surface area (Å²) in [6.07, 6.45) is 5.52. The summed E-state index contributed by atoms with van der Waals surface area (Å²) in [5.41, 5.74) is 5.55. The van der Waals surface area contributed by atoms with Crippen molar-refractivity contribution in [2.24, 2.45) is 17.6 Å². The average molecular weight is 198 g/mol. The molecule has 0 aromatic carbocycles. The number of nitrogens with zero attached hydrogens (tertiary/aromatic N) is 1. The van der Waals surface area contributed by atoms with E-state index in [-0.39, 0.29) is 0 Å². The highest BCUT2D eigenvalue weighted by atomic mass is 15.1. The molecular formula is C12H26N2. The molecule has 1 saturated carbocycles. The highest BCUT2D eigenvalue weighted by Crippen LogP contribution is 2.32. The SMILES string of the molecule is CC(C)CN(CCCN)CCC1CC1. The molecule has 1 aliphatic carbocycles. The van der Waals surface area contributed by atoms with Gasteiger partial charge in [0, 0.05) is 6.54 Å². The molecule has 0 aliphatic heterocycles. The van der Waals surface area contributed by atoms with Crippen LogP contribution in [-0.4, -0.2) is 31.1 Å². The molecule has 1 fully saturated rings. The normalized spacial score (nSPS) is 16.9. The zero-order chi connectivity index (χ0) is 10.4. The molecule has 0 spiro atoms. The van der Waals surface area contributed by atoms with Crippen molar-refractivity contribution in [2.45, 2.75) is 39.5 Å². The van der Waals surface area contributed by atoms with E-state index in [1.165, 1.54) is 38.9 Å². The van der Waals surface area contributed by atoms with Gasteiger partial charge >= 0.3 is 0 Å². The lowest BCUT2D eigenvalue weighted by atomic mass is 10.2. The Balaban J connectivity index is 2.12. The molecular weight excluding hydrogens is 172 g/mol. The van der Waals surface area contributed by atoms with Crippen LogP contribution in [0.25, 0.3) is 0 Å². The molecule has 0 aromatic heterocycles. The van der Waals surface area contributed by atoms with E-state index in [1.807, 2.05) is 0 Å². The van der Waals surface area contributed by atoms with E-state index >= 15 is 0 Å². The van der Waals surface area contributed by atoms with E-state index in [0.717, 1.165) is 24.8 Å². The quantitative estimate of drug-likeness (QED) is 0.647. The van der Waals surface area contributed by atoms with Gasteiger partial charge in [-0.15, -0.1) is 0 Å². The van der Waals surface area contributed by atoms with Gasteiger partial charge in [-0.05, 0) is 44.3 Å². The lowest BCUT2D eigenvalue weighted by Crippen LogP contribution is -2.31.